The van der Waals surface area contributed by atoms with Gasteiger partial charge in [0.15, 0.2) is 0 Å². The van der Waals surface area contributed by atoms with E-state index in [2.05, 4.69) is 18.3 Å². The fourth-order valence-corrected chi connectivity index (χ4v) is 0.387. The molecule has 5 heteroatoms. The summed E-state index contributed by atoms with van der Waals surface area (Å²) < 4.78 is 12.3. The number of aliphatic imine (C=N–C) groups is 1. The van der Waals surface area contributed by atoms with Crippen molar-refractivity contribution in [1.82, 2.24) is 0 Å². The van der Waals surface area contributed by atoms with Gasteiger partial charge in [-0.25, -0.2) is 4.99 Å². The van der Waals surface area contributed by atoms with Crippen molar-refractivity contribution in [1.29, 1.82) is 0 Å². The smallest absolute Gasteiger partial charge is 0.423 e. The zero-order valence-electron chi connectivity index (χ0n) is 5.29. The molecule has 0 bridgehead atoms. The van der Waals surface area contributed by atoms with Crippen LogP contribution in [0.1, 0.15) is 0 Å². The van der Waals surface area contributed by atoms with Gasteiger partial charge in [-0.1, -0.05) is 12.7 Å². The molecule has 0 amide bonds. The first-order valence-corrected chi connectivity index (χ1v) is 2.48. The van der Waals surface area contributed by atoms with Crippen molar-refractivity contribution >= 4 is 13.8 Å². The molecule has 0 atom stereocenters. The highest BCUT2D eigenvalue weighted by Gasteiger charge is 2.15. The van der Waals surface area contributed by atoms with Crippen molar-refractivity contribution in [3.05, 3.63) is 24.1 Å². The minimum Gasteiger partial charge on any atom is -0.423 e. The summed E-state index contributed by atoms with van der Waals surface area (Å²) in [6, 6.07) is 0. The van der Waals surface area contributed by atoms with Gasteiger partial charge in [-0.05, 0) is 6.72 Å². The summed E-state index contributed by atoms with van der Waals surface area (Å²) in [7, 11) is -1.89. The molecule has 2 N–H and O–H groups in total. The first-order valence-electron chi connectivity index (χ1n) is 2.48. The van der Waals surface area contributed by atoms with E-state index in [4.69, 9.17) is 10.0 Å². The molecule has 0 aromatic rings. The largest absolute Gasteiger partial charge is 0.493 e. The van der Waals surface area contributed by atoms with Gasteiger partial charge in [-0.15, -0.1) is 0 Å². The number of rotatable bonds is 3. The van der Waals surface area contributed by atoms with Crippen molar-refractivity contribution in [2.75, 3.05) is 0 Å². The molecule has 0 rings (SSSR count). The van der Waals surface area contributed by atoms with Crippen molar-refractivity contribution < 1.29 is 14.4 Å². The Morgan fingerprint density at radius 3 is 2.20 bits per heavy atom. The summed E-state index contributed by atoms with van der Waals surface area (Å²) in [5.74, 6) is -1.02. The summed E-state index contributed by atoms with van der Waals surface area (Å²) in [4.78, 5) is 2.85. The standard InChI is InChI=1S/C5H7BFNO2/c1-3-4(6(9)10)5(7)8-2/h3,9-10H,1-2H2/b5-4+. The van der Waals surface area contributed by atoms with Crippen LogP contribution in [0.3, 0.4) is 0 Å². The Balaban J connectivity index is 4.61. The Morgan fingerprint density at radius 1 is 1.60 bits per heavy atom. The van der Waals surface area contributed by atoms with Crippen LogP contribution in [0.2, 0.25) is 0 Å². The molecule has 0 aliphatic heterocycles. The molecule has 0 aromatic heterocycles. The second-order valence-electron chi connectivity index (χ2n) is 1.48. The van der Waals surface area contributed by atoms with Gasteiger partial charge < -0.3 is 10.0 Å². The van der Waals surface area contributed by atoms with Gasteiger partial charge in [0.2, 0.25) is 5.95 Å². The molecule has 10 heavy (non-hydrogen) atoms. The van der Waals surface area contributed by atoms with Gasteiger partial charge in [0.05, 0.1) is 0 Å². The third kappa shape index (κ3) is 2.12. The lowest BCUT2D eigenvalue weighted by Gasteiger charge is -1.97. The maximum Gasteiger partial charge on any atom is 0.493 e. The molecule has 0 spiro atoms. The lowest BCUT2D eigenvalue weighted by Crippen LogP contribution is -2.14. The van der Waals surface area contributed by atoms with E-state index in [1.165, 1.54) is 0 Å². The van der Waals surface area contributed by atoms with Crippen LogP contribution in [-0.2, 0) is 0 Å². The van der Waals surface area contributed by atoms with E-state index in [1.807, 2.05) is 0 Å². The summed E-state index contributed by atoms with van der Waals surface area (Å²) >= 11 is 0. The third-order valence-corrected chi connectivity index (χ3v) is 0.875. The van der Waals surface area contributed by atoms with Crippen LogP contribution < -0.4 is 0 Å². The van der Waals surface area contributed by atoms with Crippen LogP contribution in [0.25, 0.3) is 0 Å². The van der Waals surface area contributed by atoms with Gasteiger partial charge >= 0.3 is 7.12 Å². The van der Waals surface area contributed by atoms with Gasteiger partial charge in [-0.2, -0.15) is 4.39 Å². The van der Waals surface area contributed by atoms with Crippen molar-refractivity contribution in [2.24, 2.45) is 4.99 Å². The van der Waals surface area contributed by atoms with Crippen LogP contribution in [0.15, 0.2) is 29.1 Å². The number of halogens is 1. The lowest BCUT2D eigenvalue weighted by molar-refractivity contribution is 0.417. The van der Waals surface area contributed by atoms with E-state index >= 15 is 0 Å². The third-order valence-electron chi connectivity index (χ3n) is 0.875. The number of nitrogens with zero attached hydrogens (tertiary/aromatic N) is 1. The van der Waals surface area contributed by atoms with E-state index < -0.39 is 13.1 Å². The molecule has 0 saturated heterocycles. The van der Waals surface area contributed by atoms with E-state index in [0.29, 0.717) is 0 Å². The second-order valence-corrected chi connectivity index (χ2v) is 1.48. The maximum absolute atomic E-state index is 12.3. The minimum atomic E-state index is -1.89. The molecular weight excluding hydrogens is 136 g/mol. The normalized spacial score (nSPS) is 11.9. The molecule has 0 aliphatic carbocycles. The van der Waals surface area contributed by atoms with E-state index in [9.17, 15) is 4.39 Å². The predicted molar refractivity (Wildman–Crippen MR) is 38.1 cm³/mol. The van der Waals surface area contributed by atoms with Crippen molar-refractivity contribution in [3.8, 4) is 0 Å². The summed E-state index contributed by atoms with van der Waals surface area (Å²) in [6.45, 7) is 6.00. The molecule has 0 heterocycles. The van der Waals surface area contributed by atoms with Crippen molar-refractivity contribution in [3.63, 3.8) is 0 Å². The fourth-order valence-electron chi connectivity index (χ4n) is 0.387. The fraction of sp³-hybridized carbons (Fsp3) is 0. The minimum absolute atomic E-state index is 0.380. The van der Waals surface area contributed by atoms with Gasteiger partial charge in [-0.3, -0.25) is 0 Å². The quantitative estimate of drug-likeness (QED) is 0.254. The highest BCUT2D eigenvalue weighted by Crippen LogP contribution is 2.08. The lowest BCUT2D eigenvalue weighted by atomic mass is 9.80. The number of hydrogen-bond acceptors (Lipinski definition) is 3. The van der Waals surface area contributed by atoms with Crippen LogP contribution >= 0.6 is 0 Å². The molecule has 54 valence electrons. The van der Waals surface area contributed by atoms with Gasteiger partial charge in [0, 0.05) is 5.47 Å². The van der Waals surface area contributed by atoms with Crippen LogP contribution in [-0.4, -0.2) is 23.9 Å². The zero-order valence-corrected chi connectivity index (χ0v) is 5.29. The highest BCUT2D eigenvalue weighted by molar-refractivity contribution is 6.51. The van der Waals surface area contributed by atoms with E-state index in [1.54, 1.807) is 0 Å². The summed E-state index contributed by atoms with van der Waals surface area (Å²) in [5, 5.41) is 16.8. The van der Waals surface area contributed by atoms with Crippen molar-refractivity contribution in [2.45, 2.75) is 0 Å². The number of hydrogen-bond donors (Lipinski definition) is 2. The highest BCUT2D eigenvalue weighted by atomic mass is 19.1. The van der Waals surface area contributed by atoms with E-state index in [-0.39, 0.29) is 5.47 Å². The maximum atomic E-state index is 12.3. The van der Waals surface area contributed by atoms with Crippen LogP contribution in [0, 0.1) is 0 Å². The second kappa shape index (κ2) is 3.97. The molecule has 0 aromatic carbocycles. The monoisotopic (exact) mass is 143 g/mol. The summed E-state index contributed by atoms with van der Waals surface area (Å²) in [5.41, 5.74) is -0.380. The Morgan fingerprint density at radius 2 is 2.10 bits per heavy atom. The average Bonchev–Trinajstić information content (AvgIpc) is 1.88. The molecular formula is C5H7BFNO2. The molecule has 0 fully saturated rings. The topological polar surface area (TPSA) is 52.8 Å². The molecule has 0 saturated carbocycles. The Hall–Kier alpha value is -0.935. The van der Waals surface area contributed by atoms with Crippen LogP contribution in [0.4, 0.5) is 4.39 Å². The molecule has 0 radical (unpaired) electrons. The SMILES string of the molecule is C=C/C(B(O)O)=C(/F)N=C. The molecule has 0 unspecified atom stereocenters. The average molecular weight is 143 g/mol. The molecule has 3 nitrogen and oxygen atoms in total. The van der Waals surface area contributed by atoms with Crippen LogP contribution in [0.5, 0.6) is 0 Å². The molecule has 0 aliphatic rings. The Kier molecular flexibility index (Phi) is 3.60. The number of allylic oxidation sites excluding steroid dienone is 2. The zero-order chi connectivity index (χ0) is 8.15. The Bertz CT molecular complexity index is 178. The van der Waals surface area contributed by atoms with Gasteiger partial charge in [0.1, 0.15) is 0 Å². The first-order chi connectivity index (χ1) is 4.63. The van der Waals surface area contributed by atoms with E-state index in [0.717, 1.165) is 6.08 Å². The van der Waals surface area contributed by atoms with Gasteiger partial charge in [0.25, 0.3) is 0 Å². The summed E-state index contributed by atoms with van der Waals surface area (Å²) in [6.07, 6.45) is 0.967. The Labute approximate surface area is 58.4 Å². The first kappa shape index (κ1) is 9.06. The predicted octanol–water partition coefficient (Wildman–Crippen LogP) is 0.0661.